The monoisotopic (exact) mass is 288 g/mol. The Morgan fingerprint density at radius 3 is 2.90 bits per heavy atom. The fourth-order valence-corrected chi connectivity index (χ4v) is 3.67. The normalized spacial score (nSPS) is 23.8. The molecule has 0 amide bonds. The van der Waals surface area contributed by atoms with Gasteiger partial charge in [0.25, 0.3) is 0 Å². The van der Waals surface area contributed by atoms with Crippen molar-refractivity contribution in [1.29, 1.82) is 0 Å². The first-order valence-corrected chi connectivity index (χ1v) is 8.48. The number of hydrogen-bond acceptors (Lipinski definition) is 3. The first-order chi connectivity index (χ1) is 10.3. The number of nitrogens with zero attached hydrogens (tertiary/aromatic N) is 2. The zero-order valence-corrected chi connectivity index (χ0v) is 13.3. The minimum atomic E-state index is 0.824. The number of para-hydroxylation sites is 1. The van der Waals surface area contributed by atoms with Crippen molar-refractivity contribution in [3.05, 3.63) is 29.8 Å². The minimum Gasteiger partial charge on any atom is -0.493 e. The second-order valence-corrected chi connectivity index (χ2v) is 6.45. The minimum absolute atomic E-state index is 0.824. The zero-order valence-electron chi connectivity index (χ0n) is 13.3. The largest absolute Gasteiger partial charge is 0.493 e. The average Bonchev–Trinajstić information content (AvgIpc) is 2.83. The molecule has 0 N–H and O–H groups in total. The van der Waals surface area contributed by atoms with Crippen molar-refractivity contribution in [2.45, 2.75) is 38.6 Å². The van der Waals surface area contributed by atoms with Crippen molar-refractivity contribution in [2.24, 2.45) is 0 Å². The van der Waals surface area contributed by atoms with Crippen LogP contribution in [0.1, 0.15) is 31.2 Å². The third-order valence-electron chi connectivity index (χ3n) is 4.86. The molecule has 2 fully saturated rings. The summed E-state index contributed by atoms with van der Waals surface area (Å²) in [5.41, 5.74) is 1.23. The Bertz CT molecular complexity index is 449. The van der Waals surface area contributed by atoms with Crippen LogP contribution in [0.2, 0.25) is 0 Å². The van der Waals surface area contributed by atoms with Crippen molar-refractivity contribution in [3.63, 3.8) is 0 Å². The summed E-state index contributed by atoms with van der Waals surface area (Å²) >= 11 is 0. The van der Waals surface area contributed by atoms with Gasteiger partial charge in [0.2, 0.25) is 0 Å². The van der Waals surface area contributed by atoms with E-state index in [-0.39, 0.29) is 0 Å². The highest BCUT2D eigenvalue weighted by molar-refractivity contribution is 5.31. The second kappa shape index (κ2) is 7.28. The molecule has 3 nitrogen and oxygen atoms in total. The quantitative estimate of drug-likeness (QED) is 0.775. The van der Waals surface area contributed by atoms with Crippen LogP contribution in [0.3, 0.4) is 0 Å². The maximum Gasteiger partial charge on any atom is 0.122 e. The maximum atomic E-state index is 5.91. The fraction of sp³-hybridized carbons (Fsp3) is 0.667. The molecule has 0 spiro atoms. The van der Waals surface area contributed by atoms with Crippen LogP contribution in [0.4, 0.5) is 0 Å². The molecule has 1 atom stereocenters. The standard InChI is InChI=1S/C18H28N2O/c1-16-7-2-3-9-18(16)21-14-6-11-19-10-5-13-20-12-4-8-17(20)15-19/h2-3,7,9,17H,4-6,8,10-15H2,1H3. The molecule has 1 aromatic carbocycles. The van der Waals surface area contributed by atoms with Crippen LogP contribution in [-0.4, -0.2) is 55.2 Å². The van der Waals surface area contributed by atoms with E-state index in [0.29, 0.717) is 0 Å². The molecule has 1 unspecified atom stereocenters. The summed E-state index contributed by atoms with van der Waals surface area (Å²) < 4.78 is 5.91. The van der Waals surface area contributed by atoms with Gasteiger partial charge in [-0.05, 0) is 63.9 Å². The molecule has 116 valence electrons. The smallest absolute Gasteiger partial charge is 0.122 e. The van der Waals surface area contributed by atoms with Gasteiger partial charge >= 0.3 is 0 Å². The van der Waals surface area contributed by atoms with Crippen molar-refractivity contribution in [3.8, 4) is 5.75 Å². The number of ether oxygens (including phenoxy) is 1. The molecule has 3 rings (SSSR count). The predicted octanol–water partition coefficient (Wildman–Crippen LogP) is 2.93. The molecule has 2 aliphatic heterocycles. The third-order valence-corrected chi connectivity index (χ3v) is 4.86. The van der Waals surface area contributed by atoms with Gasteiger partial charge < -0.3 is 9.64 Å². The number of rotatable bonds is 5. The summed E-state index contributed by atoms with van der Waals surface area (Å²) in [7, 11) is 0. The second-order valence-electron chi connectivity index (χ2n) is 6.45. The van der Waals surface area contributed by atoms with E-state index in [1.807, 2.05) is 6.07 Å². The summed E-state index contributed by atoms with van der Waals surface area (Å²) in [4.78, 5) is 5.35. The van der Waals surface area contributed by atoms with Crippen molar-refractivity contribution in [2.75, 3.05) is 39.3 Å². The lowest BCUT2D eigenvalue weighted by atomic mass is 10.2. The van der Waals surface area contributed by atoms with Gasteiger partial charge in [-0.2, -0.15) is 0 Å². The Morgan fingerprint density at radius 2 is 2.00 bits per heavy atom. The van der Waals surface area contributed by atoms with Crippen LogP contribution < -0.4 is 4.74 Å². The summed E-state index contributed by atoms with van der Waals surface area (Å²) in [6.07, 6.45) is 5.25. The van der Waals surface area contributed by atoms with Crippen LogP contribution in [0.15, 0.2) is 24.3 Å². The lowest BCUT2D eigenvalue weighted by Gasteiger charge is -2.25. The van der Waals surface area contributed by atoms with Gasteiger partial charge in [0, 0.05) is 19.1 Å². The summed E-state index contributed by atoms with van der Waals surface area (Å²) in [6.45, 7) is 9.28. The molecule has 2 heterocycles. The Kier molecular flexibility index (Phi) is 5.15. The number of aryl methyl sites for hydroxylation is 1. The number of hydrogen-bond donors (Lipinski definition) is 0. The van der Waals surface area contributed by atoms with Crippen molar-refractivity contribution >= 4 is 0 Å². The van der Waals surface area contributed by atoms with Crippen molar-refractivity contribution < 1.29 is 4.74 Å². The van der Waals surface area contributed by atoms with Gasteiger partial charge in [-0.25, -0.2) is 0 Å². The Balaban J connectivity index is 1.40. The summed E-state index contributed by atoms with van der Waals surface area (Å²) in [5, 5.41) is 0. The Hall–Kier alpha value is -1.06. The van der Waals surface area contributed by atoms with Gasteiger partial charge in [0.1, 0.15) is 5.75 Å². The topological polar surface area (TPSA) is 15.7 Å². The van der Waals surface area contributed by atoms with E-state index in [1.54, 1.807) is 0 Å². The molecule has 0 bridgehead atoms. The van der Waals surface area contributed by atoms with Crippen LogP contribution in [-0.2, 0) is 0 Å². The molecule has 1 aromatic rings. The van der Waals surface area contributed by atoms with E-state index in [9.17, 15) is 0 Å². The van der Waals surface area contributed by atoms with E-state index >= 15 is 0 Å². The van der Waals surface area contributed by atoms with E-state index in [0.717, 1.165) is 24.8 Å². The molecule has 21 heavy (non-hydrogen) atoms. The molecule has 0 aromatic heterocycles. The van der Waals surface area contributed by atoms with Crippen LogP contribution in [0.25, 0.3) is 0 Å². The summed E-state index contributed by atoms with van der Waals surface area (Å²) in [6, 6.07) is 9.11. The fourth-order valence-electron chi connectivity index (χ4n) is 3.67. The summed E-state index contributed by atoms with van der Waals surface area (Å²) in [5.74, 6) is 1.04. The van der Waals surface area contributed by atoms with E-state index < -0.39 is 0 Å². The third kappa shape index (κ3) is 3.98. The number of benzene rings is 1. The number of fused-ring (bicyclic) bond motifs is 1. The van der Waals surface area contributed by atoms with Crippen molar-refractivity contribution in [1.82, 2.24) is 9.80 Å². The lowest BCUT2D eigenvalue weighted by molar-refractivity contribution is 0.205. The van der Waals surface area contributed by atoms with E-state index in [4.69, 9.17) is 4.74 Å². The zero-order chi connectivity index (χ0) is 14.5. The lowest BCUT2D eigenvalue weighted by Crippen LogP contribution is -2.37. The first-order valence-electron chi connectivity index (χ1n) is 8.48. The van der Waals surface area contributed by atoms with Crippen LogP contribution >= 0.6 is 0 Å². The van der Waals surface area contributed by atoms with Gasteiger partial charge in [-0.1, -0.05) is 18.2 Å². The highest BCUT2D eigenvalue weighted by Gasteiger charge is 2.28. The average molecular weight is 288 g/mol. The molecular weight excluding hydrogens is 260 g/mol. The molecule has 0 radical (unpaired) electrons. The first kappa shape index (κ1) is 14.9. The molecule has 0 aliphatic carbocycles. The molecule has 3 heteroatoms. The maximum absolute atomic E-state index is 5.91. The molecular formula is C18H28N2O. The molecule has 2 saturated heterocycles. The molecule has 2 aliphatic rings. The van der Waals surface area contributed by atoms with Gasteiger partial charge in [-0.15, -0.1) is 0 Å². The van der Waals surface area contributed by atoms with Gasteiger partial charge in [-0.3, -0.25) is 4.90 Å². The van der Waals surface area contributed by atoms with Gasteiger partial charge in [0.05, 0.1) is 6.61 Å². The SMILES string of the molecule is Cc1ccccc1OCCCN1CCCN2CCCC2C1. The Labute approximate surface area is 128 Å². The highest BCUT2D eigenvalue weighted by Crippen LogP contribution is 2.21. The van der Waals surface area contributed by atoms with Crippen LogP contribution in [0, 0.1) is 6.92 Å². The van der Waals surface area contributed by atoms with Gasteiger partial charge in [0.15, 0.2) is 0 Å². The Morgan fingerprint density at radius 1 is 1.14 bits per heavy atom. The highest BCUT2D eigenvalue weighted by atomic mass is 16.5. The van der Waals surface area contributed by atoms with Crippen LogP contribution in [0.5, 0.6) is 5.75 Å². The molecule has 0 saturated carbocycles. The van der Waals surface area contributed by atoms with E-state index in [2.05, 4.69) is 34.9 Å². The predicted molar refractivity (Wildman–Crippen MR) is 86.9 cm³/mol. The van der Waals surface area contributed by atoms with E-state index in [1.165, 1.54) is 57.5 Å².